The largest absolute Gasteiger partial charge is 0.465 e. The van der Waals surface area contributed by atoms with Gasteiger partial charge in [0.15, 0.2) is 0 Å². The molecule has 3 rings (SSSR count). The Morgan fingerprint density at radius 1 is 1.33 bits per heavy atom. The van der Waals surface area contributed by atoms with Gasteiger partial charge >= 0.3 is 5.97 Å². The first-order chi connectivity index (χ1) is 8.70. The summed E-state index contributed by atoms with van der Waals surface area (Å²) >= 11 is 6.24. The summed E-state index contributed by atoms with van der Waals surface area (Å²) in [7, 11) is 1.38. The Hall–Kier alpha value is -1.48. The summed E-state index contributed by atoms with van der Waals surface area (Å²) in [5, 5.41) is 1.65. The van der Waals surface area contributed by atoms with Crippen LogP contribution in [0.25, 0.3) is 10.9 Å². The number of rotatable bonds is 1. The minimum atomic E-state index is -0.343. The summed E-state index contributed by atoms with van der Waals surface area (Å²) in [5.74, 6) is -0.343. The number of carbonyl (C=O) groups excluding carboxylic acids is 1. The van der Waals surface area contributed by atoms with Crippen LogP contribution in [0.3, 0.4) is 0 Å². The molecule has 1 aromatic heterocycles. The standard InChI is InChI=1S/C14H14ClNO2/c1-18-14(17)8-6-10-9-4-2-3-5-12(9)16-13(10)11(15)7-8/h6-7,16H,2-5H2,1H3. The Balaban J connectivity index is 2.25. The van der Waals surface area contributed by atoms with E-state index in [4.69, 9.17) is 16.3 Å². The summed E-state index contributed by atoms with van der Waals surface area (Å²) < 4.78 is 4.75. The van der Waals surface area contributed by atoms with E-state index < -0.39 is 0 Å². The topological polar surface area (TPSA) is 42.1 Å². The summed E-state index contributed by atoms with van der Waals surface area (Å²) in [6.07, 6.45) is 4.52. The summed E-state index contributed by atoms with van der Waals surface area (Å²) in [4.78, 5) is 15.0. The van der Waals surface area contributed by atoms with Gasteiger partial charge in [-0.15, -0.1) is 0 Å². The van der Waals surface area contributed by atoms with Gasteiger partial charge in [0, 0.05) is 11.1 Å². The Kier molecular flexibility index (Phi) is 2.78. The van der Waals surface area contributed by atoms with Crippen molar-refractivity contribution in [2.24, 2.45) is 0 Å². The normalized spacial score (nSPS) is 14.6. The molecular formula is C14H14ClNO2. The van der Waals surface area contributed by atoms with Gasteiger partial charge in [-0.25, -0.2) is 4.79 Å². The number of benzene rings is 1. The van der Waals surface area contributed by atoms with Crippen molar-refractivity contribution in [1.29, 1.82) is 0 Å². The van der Waals surface area contributed by atoms with E-state index in [1.165, 1.54) is 31.2 Å². The highest BCUT2D eigenvalue weighted by Crippen LogP contribution is 2.33. The zero-order valence-electron chi connectivity index (χ0n) is 10.2. The van der Waals surface area contributed by atoms with E-state index in [1.807, 2.05) is 6.07 Å². The highest BCUT2D eigenvalue weighted by molar-refractivity contribution is 6.35. The number of halogens is 1. The SMILES string of the molecule is COC(=O)c1cc(Cl)c2[nH]c3c(c2c1)CCCC3. The maximum atomic E-state index is 11.6. The molecule has 0 saturated carbocycles. The lowest BCUT2D eigenvalue weighted by molar-refractivity contribution is 0.0601. The number of ether oxygens (including phenoxy) is 1. The number of aromatic amines is 1. The first-order valence-electron chi connectivity index (χ1n) is 6.12. The summed E-state index contributed by atoms with van der Waals surface area (Å²) in [6.45, 7) is 0. The molecule has 0 aliphatic heterocycles. The van der Waals surface area contributed by atoms with Crippen molar-refractivity contribution >= 4 is 28.5 Å². The minimum absolute atomic E-state index is 0.343. The van der Waals surface area contributed by atoms with E-state index in [0.29, 0.717) is 10.6 Å². The van der Waals surface area contributed by atoms with Gasteiger partial charge < -0.3 is 9.72 Å². The lowest BCUT2D eigenvalue weighted by atomic mass is 9.95. The number of carbonyl (C=O) groups is 1. The number of fused-ring (bicyclic) bond motifs is 3. The van der Waals surface area contributed by atoms with Crippen LogP contribution in [0, 0.1) is 0 Å². The number of methoxy groups -OCH3 is 1. The summed E-state index contributed by atoms with van der Waals surface area (Å²) in [5.41, 5.74) is 4.03. The first kappa shape index (κ1) is 11.6. The third-order valence-corrected chi connectivity index (χ3v) is 3.88. The smallest absolute Gasteiger partial charge is 0.337 e. The maximum Gasteiger partial charge on any atom is 0.337 e. The number of aromatic nitrogens is 1. The third-order valence-electron chi connectivity index (χ3n) is 3.58. The van der Waals surface area contributed by atoms with Gasteiger partial charge in [0.2, 0.25) is 0 Å². The molecule has 0 radical (unpaired) electrons. The van der Waals surface area contributed by atoms with E-state index in [9.17, 15) is 4.79 Å². The van der Waals surface area contributed by atoms with Gasteiger partial charge in [0.25, 0.3) is 0 Å². The Morgan fingerprint density at radius 3 is 2.89 bits per heavy atom. The Morgan fingerprint density at radius 2 is 2.11 bits per heavy atom. The fourth-order valence-corrected chi connectivity index (χ4v) is 2.97. The van der Waals surface area contributed by atoms with Crippen LogP contribution in [0.4, 0.5) is 0 Å². The van der Waals surface area contributed by atoms with Gasteiger partial charge in [-0.3, -0.25) is 0 Å². The quantitative estimate of drug-likeness (QED) is 0.801. The zero-order valence-corrected chi connectivity index (χ0v) is 10.9. The zero-order chi connectivity index (χ0) is 12.7. The van der Waals surface area contributed by atoms with Gasteiger partial charge in [-0.1, -0.05) is 11.6 Å². The van der Waals surface area contributed by atoms with Crippen LogP contribution in [0.2, 0.25) is 5.02 Å². The van der Waals surface area contributed by atoms with Gasteiger partial charge in [-0.05, 0) is 43.4 Å². The van der Waals surface area contributed by atoms with Crippen molar-refractivity contribution in [2.45, 2.75) is 25.7 Å². The second-order valence-electron chi connectivity index (χ2n) is 4.66. The molecule has 0 unspecified atom stereocenters. The number of hydrogen-bond acceptors (Lipinski definition) is 2. The summed E-state index contributed by atoms with van der Waals surface area (Å²) in [6, 6.07) is 3.55. The molecule has 0 spiro atoms. The predicted molar refractivity (Wildman–Crippen MR) is 71.3 cm³/mol. The molecule has 1 aliphatic rings. The van der Waals surface area contributed by atoms with Gasteiger partial charge in [0.05, 0.1) is 23.2 Å². The number of hydrogen-bond donors (Lipinski definition) is 1. The van der Waals surface area contributed by atoms with Crippen LogP contribution in [0.5, 0.6) is 0 Å². The highest BCUT2D eigenvalue weighted by Gasteiger charge is 2.19. The van der Waals surface area contributed by atoms with Crippen LogP contribution in [0.15, 0.2) is 12.1 Å². The van der Waals surface area contributed by atoms with E-state index in [0.717, 1.165) is 23.7 Å². The second kappa shape index (κ2) is 4.32. The minimum Gasteiger partial charge on any atom is -0.465 e. The first-order valence-corrected chi connectivity index (χ1v) is 6.50. The number of H-pyrrole nitrogens is 1. The third kappa shape index (κ3) is 1.70. The van der Waals surface area contributed by atoms with E-state index in [-0.39, 0.29) is 5.97 Å². The molecule has 3 nitrogen and oxygen atoms in total. The predicted octanol–water partition coefficient (Wildman–Crippen LogP) is 3.49. The molecular weight excluding hydrogens is 250 g/mol. The fourth-order valence-electron chi connectivity index (χ4n) is 2.70. The Bertz CT molecular complexity index is 630. The van der Waals surface area contributed by atoms with Gasteiger partial charge in [-0.2, -0.15) is 0 Å². The van der Waals surface area contributed by atoms with Crippen LogP contribution in [-0.2, 0) is 17.6 Å². The number of nitrogens with one attached hydrogen (secondary N) is 1. The molecule has 1 heterocycles. The molecule has 1 aromatic carbocycles. The molecule has 0 atom stereocenters. The second-order valence-corrected chi connectivity index (χ2v) is 5.07. The molecule has 0 bridgehead atoms. The molecule has 94 valence electrons. The maximum absolute atomic E-state index is 11.6. The average molecular weight is 264 g/mol. The van der Waals surface area contributed by atoms with E-state index >= 15 is 0 Å². The fraction of sp³-hybridized carbons (Fsp3) is 0.357. The van der Waals surface area contributed by atoms with Crippen LogP contribution in [0.1, 0.15) is 34.5 Å². The van der Waals surface area contributed by atoms with Gasteiger partial charge in [0.1, 0.15) is 0 Å². The van der Waals surface area contributed by atoms with Crippen molar-refractivity contribution in [3.8, 4) is 0 Å². The van der Waals surface area contributed by atoms with Crippen molar-refractivity contribution in [2.75, 3.05) is 7.11 Å². The monoisotopic (exact) mass is 263 g/mol. The average Bonchev–Trinajstić information content (AvgIpc) is 2.77. The molecule has 1 N–H and O–H groups in total. The lowest BCUT2D eigenvalue weighted by Gasteiger charge is -2.10. The number of aryl methyl sites for hydroxylation is 2. The highest BCUT2D eigenvalue weighted by atomic mass is 35.5. The molecule has 1 aliphatic carbocycles. The molecule has 0 fully saturated rings. The molecule has 0 amide bonds. The van der Waals surface area contributed by atoms with E-state index in [1.54, 1.807) is 6.07 Å². The van der Waals surface area contributed by atoms with Crippen molar-refractivity contribution < 1.29 is 9.53 Å². The van der Waals surface area contributed by atoms with Crippen molar-refractivity contribution in [3.05, 3.63) is 34.0 Å². The Labute approximate surface area is 110 Å². The lowest BCUT2D eigenvalue weighted by Crippen LogP contribution is -2.02. The molecule has 4 heteroatoms. The van der Waals surface area contributed by atoms with Crippen molar-refractivity contribution in [1.82, 2.24) is 4.98 Å². The van der Waals surface area contributed by atoms with Crippen LogP contribution < -0.4 is 0 Å². The molecule has 0 saturated heterocycles. The van der Waals surface area contributed by atoms with Crippen LogP contribution in [-0.4, -0.2) is 18.1 Å². The van der Waals surface area contributed by atoms with E-state index in [2.05, 4.69) is 4.98 Å². The van der Waals surface area contributed by atoms with Crippen molar-refractivity contribution in [3.63, 3.8) is 0 Å². The molecule has 2 aromatic rings. The molecule has 18 heavy (non-hydrogen) atoms. The van der Waals surface area contributed by atoms with Crippen LogP contribution >= 0.6 is 11.6 Å². The number of esters is 1.